The molecule has 0 aliphatic rings. The average Bonchev–Trinajstić information content (AvgIpc) is 2.28. The van der Waals surface area contributed by atoms with E-state index >= 15 is 0 Å². The second-order valence-corrected chi connectivity index (χ2v) is 4.81. The van der Waals surface area contributed by atoms with Crippen LogP contribution in [0.25, 0.3) is 11.3 Å². The molecule has 0 bridgehead atoms. The predicted octanol–water partition coefficient (Wildman–Crippen LogP) is 4.23. The smallest absolute Gasteiger partial charge is 0.136 e. The number of aromatic nitrogens is 2. The lowest BCUT2D eigenvalue weighted by Crippen LogP contribution is -1.99. The van der Waals surface area contributed by atoms with E-state index in [1.54, 1.807) is 0 Å². The lowest BCUT2D eigenvalue weighted by molar-refractivity contribution is 0.850. The van der Waals surface area contributed by atoms with Gasteiger partial charge in [-0.3, -0.25) is 0 Å². The van der Waals surface area contributed by atoms with E-state index < -0.39 is 0 Å². The van der Waals surface area contributed by atoms with Crippen LogP contribution in [0, 0.1) is 6.92 Å². The first-order valence-electron chi connectivity index (χ1n) is 5.67. The maximum atomic E-state index is 6.16. The largest absolute Gasteiger partial charge is 0.236 e. The molecule has 0 amide bonds. The molecule has 17 heavy (non-hydrogen) atoms. The van der Waals surface area contributed by atoms with Crippen molar-refractivity contribution in [2.45, 2.75) is 26.7 Å². The lowest BCUT2D eigenvalue weighted by atomic mass is 9.98. The Bertz CT molecular complexity index is 535. The van der Waals surface area contributed by atoms with Crippen LogP contribution >= 0.6 is 11.6 Å². The van der Waals surface area contributed by atoms with Gasteiger partial charge in [0.05, 0.1) is 5.69 Å². The maximum absolute atomic E-state index is 6.16. The van der Waals surface area contributed by atoms with Crippen molar-refractivity contribution in [3.05, 3.63) is 46.9 Å². The molecule has 0 saturated carbocycles. The molecular formula is C14H15ClN2. The first kappa shape index (κ1) is 12.1. The molecule has 0 aliphatic carbocycles. The van der Waals surface area contributed by atoms with Crippen molar-refractivity contribution >= 4 is 11.6 Å². The van der Waals surface area contributed by atoms with Crippen molar-refractivity contribution in [3.8, 4) is 11.3 Å². The van der Waals surface area contributed by atoms with E-state index in [1.807, 2.05) is 6.07 Å². The van der Waals surface area contributed by atoms with Crippen molar-refractivity contribution in [3.63, 3.8) is 0 Å². The summed E-state index contributed by atoms with van der Waals surface area (Å²) in [6, 6.07) is 8.27. The third kappa shape index (κ3) is 2.47. The van der Waals surface area contributed by atoms with Gasteiger partial charge in [-0.05, 0) is 18.9 Å². The zero-order valence-corrected chi connectivity index (χ0v) is 11.0. The van der Waals surface area contributed by atoms with E-state index in [2.05, 4.69) is 48.9 Å². The van der Waals surface area contributed by atoms with Gasteiger partial charge in [0.15, 0.2) is 0 Å². The molecule has 2 rings (SSSR count). The van der Waals surface area contributed by atoms with E-state index in [1.165, 1.54) is 11.9 Å². The predicted molar refractivity (Wildman–Crippen MR) is 71.3 cm³/mol. The molecule has 1 heterocycles. The molecule has 0 aliphatic heterocycles. The first-order chi connectivity index (χ1) is 8.09. The summed E-state index contributed by atoms with van der Waals surface area (Å²) in [4.78, 5) is 8.44. The van der Waals surface area contributed by atoms with Crippen LogP contribution in [0.1, 0.15) is 30.9 Å². The van der Waals surface area contributed by atoms with Crippen LogP contribution in [-0.2, 0) is 0 Å². The molecule has 0 spiro atoms. The Labute approximate surface area is 107 Å². The van der Waals surface area contributed by atoms with Crippen molar-refractivity contribution in [2.75, 3.05) is 0 Å². The number of hydrogen-bond donors (Lipinski definition) is 0. The lowest BCUT2D eigenvalue weighted by Gasteiger charge is -2.13. The Hall–Kier alpha value is -1.41. The molecule has 0 unspecified atom stereocenters. The summed E-state index contributed by atoms with van der Waals surface area (Å²) >= 11 is 6.16. The highest BCUT2D eigenvalue weighted by Crippen LogP contribution is 2.31. The number of aryl methyl sites for hydroxylation is 1. The molecule has 88 valence electrons. The quantitative estimate of drug-likeness (QED) is 0.741. The van der Waals surface area contributed by atoms with Crippen LogP contribution in [0.5, 0.6) is 0 Å². The van der Waals surface area contributed by atoms with Crippen molar-refractivity contribution in [2.24, 2.45) is 0 Å². The topological polar surface area (TPSA) is 25.8 Å². The summed E-state index contributed by atoms with van der Waals surface area (Å²) in [6.07, 6.45) is 1.52. The molecule has 1 aromatic carbocycles. The highest BCUT2D eigenvalue weighted by atomic mass is 35.5. The normalized spacial score (nSPS) is 10.9. The van der Waals surface area contributed by atoms with E-state index in [0.29, 0.717) is 11.1 Å². The first-order valence-corrected chi connectivity index (χ1v) is 6.05. The van der Waals surface area contributed by atoms with Crippen molar-refractivity contribution in [1.82, 2.24) is 9.97 Å². The highest BCUT2D eigenvalue weighted by molar-refractivity contribution is 6.30. The molecule has 0 saturated heterocycles. The van der Waals surface area contributed by atoms with Gasteiger partial charge in [-0.1, -0.05) is 49.2 Å². The molecule has 1 aromatic heterocycles. The van der Waals surface area contributed by atoms with Gasteiger partial charge in [0, 0.05) is 11.1 Å². The van der Waals surface area contributed by atoms with Crippen molar-refractivity contribution < 1.29 is 0 Å². The minimum atomic E-state index is 0.305. The zero-order valence-electron chi connectivity index (χ0n) is 10.2. The van der Waals surface area contributed by atoms with Gasteiger partial charge in [0.25, 0.3) is 0 Å². The van der Waals surface area contributed by atoms with Crippen molar-refractivity contribution in [1.29, 1.82) is 0 Å². The average molecular weight is 247 g/mol. The fraction of sp³-hybridized carbons (Fsp3) is 0.286. The molecule has 0 atom stereocenters. The molecular weight excluding hydrogens is 232 g/mol. The standard InChI is InChI=1S/C14H15ClN2/c1-9(2)12-13(16-8-17-14(12)15)11-6-4-5-10(3)7-11/h4-9H,1-3H3. The summed E-state index contributed by atoms with van der Waals surface area (Å²) in [5.41, 5.74) is 4.26. The minimum absolute atomic E-state index is 0.305. The Morgan fingerprint density at radius 2 is 1.94 bits per heavy atom. The van der Waals surface area contributed by atoms with Gasteiger partial charge in [-0.2, -0.15) is 0 Å². The number of benzene rings is 1. The van der Waals surface area contributed by atoms with Gasteiger partial charge in [0.1, 0.15) is 11.5 Å². The SMILES string of the molecule is Cc1cccc(-c2ncnc(Cl)c2C(C)C)c1. The summed E-state index contributed by atoms with van der Waals surface area (Å²) in [6.45, 7) is 6.27. The molecule has 0 N–H and O–H groups in total. The Kier molecular flexibility index (Phi) is 3.43. The van der Waals surface area contributed by atoms with Gasteiger partial charge in [-0.25, -0.2) is 9.97 Å². The molecule has 0 radical (unpaired) electrons. The Morgan fingerprint density at radius 3 is 2.59 bits per heavy atom. The fourth-order valence-electron chi connectivity index (χ4n) is 1.91. The van der Waals surface area contributed by atoms with E-state index in [-0.39, 0.29) is 0 Å². The monoisotopic (exact) mass is 246 g/mol. The van der Waals surface area contributed by atoms with Crippen LogP contribution in [0.4, 0.5) is 0 Å². The van der Waals surface area contributed by atoms with Crippen LogP contribution in [0.15, 0.2) is 30.6 Å². The summed E-state index contributed by atoms with van der Waals surface area (Å²) in [5.74, 6) is 0.305. The Morgan fingerprint density at radius 1 is 1.18 bits per heavy atom. The summed E-state index contributed by atoms with van der Waals surface area (Å²) in [7, 11) is 0. The van der Waals surface area contributed by atoms with Crippen LogP contribution in [-0.4, -0.2) is 9.97 Å². The fourth-order valence-corrected chi connectivity index (χ4v) is 2.26. The van der Waals surface area contributed by atoms with Crippen LogP contribution in [0.2, 0.25) is 5.15 Å². The maximum Gasteiger partial charge on any atom is 0.136 e. The molecule has 0 fully saturated rings. The van der Waals surface area contributed by atoms with Gasteiger partial charge >= 0.3 is 0 Å². The zero-order chi connectivity index (χ0) is 12.4. The van der Waals surface area contributed by atoms with Gasteiger partial charge in [-0.15, -0.1) is 0 Å². The summed E-state index contributed by atoms with van der Waals surface area (Å²) < 4.78 is 0. The van der Waals surface area contributed by atoms with E-state index in [4.69, 9.17) is 11.6 Å². The number of nitrogens with zero attached hydrogens (tertiary/aromatic N) is 2. The third-order valence-electron chi connectivity index (χ3n) is 2.70. The molecule has 3 heteroatoms. The van der Waals surface area contributed by atoms with E-state index in [0.717, 1.165) is 16.8 Å². The number of halogens is 1. The molecule has 2 aromatic rings. The minimum Gasteiger partial charge on any atom is -0.236 e. The van der Waals surface area contributed by atoms with E-state index in [9.17, 15) is 0 Å². The highest BCUT2D eigenvalue weighted by Gasteiger charge is 2.14. The van der Waals surface area contributed by atoms with Crippen LogP contribution in [0.3, 0.4) is 0 Å². The molecule has 2 nitrogen and oxygen atoms in total. The second-order valence-electron chi connectivity index (χ2n) is 4.45. The van der Waals surface area contributed by atoms with Gasteiger partial charge < -0.3 is 0 Å². The number of rotatable bonds is 2. The second kappa shape index (κ2) is 4.84. The summed E-state index contributed by atoms with van der Waals surface area (Å²) in [5, 5.41) is 0.548. The Balaban J connectivity index is 2.63. The third-order valence-corrected chi connectivity index (χ3v) is 3.01. The number of hydrogen-bond acceptors (Lipinski definition) is 2. The van der Waals surface area contributed by atoms with Gasteiger partial charge in [0.2, 0.25) is 0 Å². The van der Waals surface area contributed by atoms with Crippen LogP contribution < -0.4 is 0 Å².